The van der Waals surface area contributed by atoms with Gasteiger partial charge in [0.15, 0.2) is 0 Å². The van der Waals surface area contributed by atoms with E-state index in [4.69, 9.17) is 0 Å². The van der Waals surface area contributed by atoms with Crippen molar-refractivity contribution in [2.24, 2.45) is 11.3 Å². The Balaban J connectivity index is 0.000000701. The molecule has 1 atom stereocenters. The van der Waals surface area contributed by atoms with Crippen molar-refractivity contribution in [1.29, 1.82) is 0 Å². The van der Waals surface area contributed by atoms with Crippen molar-refractivity contribution in [1.82, 2.24) is 0 Å². The van der Waals surface area contributed by atoms with Crippen molar-refractivity contribution in [3.63, 3.8) is 0 Å². The Morgan fingerprint density at radius 1 is 0.806 bits per heavy atom. The first-order valence-corrected chi connectivity index (χ1v) is 14.2. The van der Waals surface area contributed by atoms with E-state index in [9.17, 15) is 0 Å². The molecule has 2 aliphatic rings. The molecule has 0 aromatic heterocycles. The van der Waals surface area contributed by atoms with Gasteiger partial charge < -0.3 is 24.8 Å². The van der Waals surface area contributed by atoms with Gasteiger partial charge in [0.1, 0.15) is 0 Å². The maximum atomic E-state index is 3.67. The van der Waals surface area contributed by atoms with Gasteiger partial charge in [-0.05, 0) is 28.4 Å². The van der Waals surface area contributed by atoms with Crippen LogP contribution in [0.1, 0.15) is 98.4 Å². The van der Waals surface area contributed by atoms with Crippen LogP contribution in [0.5, 0.6) is 0 Å². The molecule has 196 valence electrons. The first-order valence-electron chi connectivity index (χ1n) is 12.4. The van der Waals surface area contributed by atoms with Crippen LogP contribution in [-0.2, 0) is 41.5 Å². The van der Waals surface area contributed by atoms with Crippen LogP contribution in [0.15, 0.2) is 47.6 Å². The van der Waals surface area contributed by atoms with E-state index in [0.717, 1.165) is 6.42 Å². The van der Waals surface area contributed by atoms with E-state index >= 15 is 0 Å². The summed E-state index contributed by atoms with van der Waals surface area (Å²) < 4.78 is 3.34. The number of allylic oxidation sites excluding steroid dienone is 4. The Hall–Kier alpha value is -0.747. The normalized spacial score (nSPS) is 16.0. The van der Waals surface area contributed by atoms with Crippen molar-refractivity contribution in [3.05, 3.63) is 82.0 Å². The summed E-state index contributed by atoms with van der Waals surface area (Å²) in [5, 5.41) is 0. The second-order valence-electron chi connectivity index (χ2n) is 12.7. The zero-order chi connectivity index (χ0) is 26.1. The SMILES string of the molecule is CC(C)(C)c1[c-]c2c(cc1)-c1ccc(C(C)(C)C)cc1C2.CC1=[C-]C(C)C=C1C(C)(C)C.[CH2]=[Zr+2].[Cl-].[Cl-]. The van der Waals surface area contributed by atoms with E-state index in [2.05, 4.69) is 129 Å². The van der Waals surface area contributed by atoms with Crippen LogP contribution in [0.4, 0.5) is 0 Å². The standard InChI is InChI=1S/C21H25.C11H17.CH2.2ClH.Zr/c1-20(2,3)16-7-9-18-14(12-16)11-15-13-17(21(4,5)6)8-10-19(15)18;1-8-6-9(2)10(7-8)11(3,4)5;;;;/h7-10,12H,11H2,1-6H3;7-8H,1-5H3;1H2;2*1H;/q2*-1;;;;+2/p-2. The predicted octanol–water partition coefficient (Wildman–Crippen LogP) is 2.98. The molecular formula is C33H44Cl2Zr-2. The largest absolute Gasteiger partial charge is 1.00 e. The van der Waals surface area contributed by atoms with E-state index in [0.29, 0.717) is 11.3 Å². The third-order valence-corrected chi connectivity index (χ3v) is 6.54. The van der Waals surface area contributed by atoms with Gasteiger partial charge >= 0.3 is 28.4 Å². The van der Waals surface area contributed by atoms with E-state index < -0.39 is 0 Å². The average Bonchev–Trinajstić information content (AvgIpc) is 3.26. The van der Waals surface area contributed by atoms with Crippen LogP contribution in [0.2, 0.25) is 0 Å². The number of fused-ring (bicyclic) bond motifs is 3. The van der Waals surface area contributed by atoms with E-state index in [-0.39, 0.29) is 35.6 Å². The van der Waals surface area contributed by atoms with Crippen LogP contribution in [-0.4, -0.2) is 4.21 Å². The molecule has 0 amide bonds. The summed E-state index contributed by atoms with van der Waals surface area (Å²) in [5.74, 6) is 0.518. The zero-order valence-corrected chi connectivity index (χ0v) is 28.2. The Morgan fingerprint density at radius 3 is 1.78 bits per heavy atom. The maximum Gasteiger partial charge on any atom is -1.00 e. The molecule has 0 saturated carbocycles. The van der Waals surface area contributed by atoms with Crippen molar-refractivity contribution in [3.8, 4) is 11.1 Å². The molecular weight excluding hydrogens is 558 g/mol. The molecule has 0 heterocycles. The van der Waals surface area contributed by atoms with E-state index in [1.54, 1.807) is 0 Å². The zero-order valence-electron chi connectivity index (χ0n) is 24.2. The monoisotopic (exact) mass is 600 g/mol. The molecule has 2 aliphatic carbocycles. The molecule has 36 heavy (non-hydrogen) atoms. The van der Waals surface area contributed by atoms with Gasteiger partial charge in [-0.1, -0.05) is 111 Å². The van der Waals surface area contributed by atoms with Crippen molar-refractivity contribution >= 4 is 4.21 Å². The van der Waals surface area contributed by atoms with Gasteiger partial charge in [-0.2, -0.15) is 35.4 Å². The van der Waals surface area contributed by atoms with Gasteiger partial charge in [-0.15, -0.1) is 11.1 Å². The first-order chi connectivity index (χ1) is 15.6. The molecule has 0 nitrogen and oxygen atoms in total. The summed E-state index contributed by atoms with van der Waals surface area (Å²) >= 11 is 1.30. The smallest absolute Gasteiger partial charge is 1.00 e. The van der Waals surface area contributed by atoms with Crippen molar-refractivity contribution < 1.29 is 49.0 Å². The van der Waals surface area contributed by atoms with Crippen LogP contribution in [0.25, 0.3) is 11.1 Å². The van der Waals surface area contributed by atoms with Gasteiger partial charge in [0.25, 0.3) is 0 Å². The molecule has 0 radical (unpaired) electrons. The molecule has 3 heteroatoms. The minimum Gasteiger partial charge on any atom is -1.00 e. The topological polar surface area (TPSA) is 0 Å². The molecule has 0 bridgehead atoms. The molecule has 0 saturated heterocycles. The van der Waals surface area contributed by atoms with Gasteiger partial charge in [-0.3, -0.25) is 6.08 Å². The molecule has 1 unspecified atom stereocenters. The number of halogens is 2. The average molecular weight is 603 g/mol. The number of hydrogen-bond donors (Lipinski definition) is 0. The summed E-state index contributed by atoms with van der Waals surface area (Å²) in [4.78, 5) is 0. The van der Waals surface area contributed by atoms with Crippen LogP contribution in [0.3, 0.4) is 0 Å². The summed E-state index contributed by atoms with van der Waals surface area (Å²) in [7, 11) is 0. The summed E-state index contributed by atoms with van der Waals surface area (Å²) in [6.07, 6.45) is 6.74. The summed E-state index contributed by atoms with van der Waals surface area (Å²) in [6.45, 7) is 24.7. The number of rotatable bonds is 0. The molecule has 2 aromatic rings. The fraction of sp³-hybridized carbons (Fsp3) is 0.485. The molecule has 0 fully saturated rings. The minimum atomic E-state index is 0. The Morgan fingerprint density at radius 2 is 1.36 bits per heavy atom. The molecule has 0 spiro atoms. The predicted molar refractivity (Wildman–Crippen MR) is 147 cm³/mol. The molecule has 0 aliphatic heterocycles. The van der Waals surface area contributed by atoms with Crippen LogP contribution >= 0.6 is 0 Å². The number of hydrogen-bond acceptors (Lipinski definition) is 0. The van der Waals surface area contributed by atoms with Gasteiger partial charge in [0.05, 0.1) is 0 Å². The molecule has 0 N–H and O–H groups in total. The summed E-state index contributed by atoms with van der Waals surface area (Å²) in [6, 6.07) is 15.2. The Kier molecular flexibility index (Phi) is 13.1. The second-order valence-corrected chi connectivity index (χ2v) is 12.7. The quantitative estimate of drug-likeness (QED) is 0.348. The molecule has 2 aromatic carbocycles. The van der Waals surface area contributed by atoms with E-state index in [1.807, 2.05) is 0 Å². The summed E-state index contributed by atoms with van der Waals surface area (Å²) in [5.41, 5.74) is 11.8. The van der Waals surface area contributed by atoms with Gasteiger partial charge in [-0.25, -0.2) is 5.57 Å². The first kappa shape index (κ1) is 35.3. The van der Waals surface area contributed by atoms with Gasteiger partial charge in [0.2, 0.25) is 0 Å². The number of benzene rings is 2. The maximum absolute atomic E-state index is 3.67. The molecule has 4 rings (SSSR count). The van der Waals surface area contributed by atoms with Gasteiger partial charge in [0, 0.05) is 0 Å². The van der Waals surface area contributed by atoms with E-state index in [1.165, 1.54) is 68.8 Å². The minimum absolute atomic E-state index is 0. The second kappa shape index (κ2) is 13.4. The Bertz CT molecular complexity index is 1020. The fourth-order valence-electron chi connectivity index (χ4n) is 4.68. The fourth-order valence-corrected chi connectivity index (χ4v) is 4.68. The third kappa shape index (κ3) is 8.65. The van der Waals surface area contributed by atoms with Crippen LogP contribution in [0, 0.1) is 23.5 Å². The van der Waals surface area contributed by atoms with Crippen LogP contribution < -0.4 is 24.8 Å². The van der Waals surface area contributed by atoms with Crippen molar-refractivity contribution in [2.45, 2.75) is 93.4 Å². The Labute approximate surface area is 249 Å². The van der Waals surface area contributed by atoms with Crippen molar-refractivity contribution in [2.75, 3.05) is 0 Å². The third-order valence-electron chi connectivity index (χ3n) is 6.54.